The summed E-state index contributed by atoms with van der Waals surface area (Å²) in [5, 5.41) is 44.3. The van der Waals surface area contributed by atoms with E-state index >= 15 is 0 Å². The molecule has 12 nitrogen and oxygen atoms in total. The van der Waals surface area contributed by atoms with Gasteiger partial charge in [-0.15, -0.1) is 0 Å². The van der Waals surface area contributed by atoms with Gasteiger partial charge in [-0.1, -0.05) is 0 Å². The zero-order chi connectivity index (χ0) is 32.8. The summed E-state index contributed by atoms with van der Waals surface area (Å²) in [5.74, 6) is -13.2. The second-order valence-electron chi connectivity index (χ2n) is 10.8. The summed E-state index contributed by atoms with van der Waals surface area (Å²) in [5.41, 5.74) is 0. The van der Waals surface area contributed by atoms with Crippen LogP contribution in [0.5, 0.6) is 0 Å². The van der Waals surface area contributed by atoms with Crippen LogP contribution in [0.4, 0.5) is 0 Å². The SMILES string of the molecule is CCC[C](C(C)=O)(C(=O)O)[Zr]([C](CCC)(C(C)=O)C(=O)O)([C](CCC)(C(C)=O)C(=O)O)[C](CCC)(C(C)=O)C(=O)O. The molecule has 0 aliphatic rings. The van der Waals surface area contributed by atoms with Crippen LogP contribution in [0.1, 0.15) is 107 Å². The van der Waals surface area contributed by atoms with E-state index in [1.807, 2.05) is 0 Å². The average Bonchev–Trinajstić information content (AvgIpc) is 2.83. The van der Waals surface area contributed by atoms with Gasteiger partial charge in [0, 0.05) is 0 Å². The molecule has 0 aliphatic heterocycles. The molecular formula is C28H44O12Zr. The van der Waals surface area contributed by atoms with Crippen LogP contribution in [0.2, 0.25) is 12.5 Å². The average molecular weight is 664 g/mol. The molecule has 0 amide bonds. The topological polar surface area (TPSA) is 217 Å². The fourth-order valence-electron chi connectivity index (χ4n) is 7.87. The number of carboxylic acid groups (broad SMARTS) is 4. The molecule has 0 aromatic carbocycles. The Kier molecular flexibility index (Phi) is 13.2. The predicted octanol–water partition coefficient (Wildman–Crippen LogP) is 4.67. The first kappa shape index (κ1) is 38.4. The van der Waals surface area contributed by atoms with E-state index in [1.165, 1.54) is 27.7 Å². The summed E-state index contributed by atoms with van der Waals surface area (Å²) in [6.45, 7) is 8.85. The first-order valence-electron chi connectivity index (χ1n) is 13.8. The van der Waals surface area contributed by atoms with E-state index in [1.54, 1.807) is 0 Å². The van der Waals surface area contributed by atoms with Crippen molar-refractivity contribution in [2.24, 2.45) is 0 Å². The fourth-order valence-corrected chi connectivity index (χ4v) is 33.1. The molecule has 0 aromatic heterocycles. The molecule has 0 saturated heterocycles. The predicted molar refractivity (Wildman–Crippen MR) is 144 cm³/mol. The van der Waals surface area contributed by atoms with Crippen molar-refractivity contribution in [3.05, 3.63) is 0 Å². The minimum absolute atomic E-state index is 0.191. The number of carboxylic acids is 4. The Morgan fingerprint density at radius 3 is 0.634 bits per heavy atom. The Bertz CT molecular complexity index is 876. The molecule has 0 spiro atoms. The van der Waals surface area contributed by atoms with Gasteiger partial charge in [-0.25, -0.2) is 0 Å². The maximum absolute atomic E-state index is 14.0. The van der Waals surface area contributed by atoms with Crippen molar-refractivity contribution < 1.29 is 79.0 Å². The van der Waals surface area contributed by atoms with Gasteiger partial charge in [0.2, 0.25) is 0 Å². The Morgan fingerprint density at radius 2 is 0.561 bits per heavy atom. The summed E-state index contributed by atoms with van der Waals surface area (Å²) < 4.78 is -12.4. The molecule has 13 heteroatoms. The van der Waals surface area contributed by atoms with Crippen LogP contribution in [0.3, 0.4) is 0 Å². The van der Waals surface area contributed by atoms with Gasteiger partial charge in [0.1, 0.15) is 0 Å². The van der Waals surface area contributed by atoms with Crippen molar-refractivity contribution in [1.29, 1.82) is 0 Å². The van der Waals surface area contributed by atoms with E-state index < -0.39 is 105 Å². The summed E-state index contributed by atoms with van der Waals surface area (Å²) in [6.07, 6.45) is -3.83. The molecular weight excluding hydrogens is 620 g/mol. The summed E-state index contributed by atoms with van der Waals surface area (Å²) in [6, 6.07) is 0. The second-order valence-corrected chi connectivity index (χ2v) is 22.9. The van der Waals surface area contributed by atoms with Crippen LogP contribution in [0.25, 0.3) is 0 Å². The normalized spacial score (nSPS) is 18.7. The summed E-state index contributed by atoms with van der Waals surface area (Å²) >= 11 is -7.65. The summed E-state index contributed by atoms with van der Waals surface area (Å²) in [7, 11) is 0. The number of rotatable bonds is 20. The van der Waals surface area contributed by atoms with Gasteiger partial charge < -0.3 is 0 Å². The van der Waals surface area contributed by atoms with Crippen molar-refractivity contribution >= 4 is 47.0 Å². The zero-order valence-corrected chi connectivity index (χ0v) is 27.7. The second kappa shape index (κ2) is 14.1. The number of ketones is 4. The molecule has 0 aliphatic carbocycles. The molecule has 0 bridgehead atoms. The zero-order valence-electron chi connectivity index (χ0n) is 25.2. The third kappa shape index (κ3) is 4.95. The third-order valence-corrected chi connectivity index (χ3v) is 29.5. The standard InChI is InChI=1S/4C7H11O3.Zr/c4*1-3-4-6(5(2)8)7(9)10;/h4*3-4H2,1-2H3,(H,9,10);. The van der Waals surface area contributed by atoms with Crippen LogP contribution in [-0.4, -0.2) is 67.4 Å². The molecule has 0 rings (SSSR count). The maximum atomic E-state index is 14.0. The van der Waals surface area contributed by atoms with Gasteiger partial charge in [-0.3, -0.25) is 0 Å². The quantitative estimate of drug-likeness (QED) is 0.131. The van der Waals surface area contributed by atoms with Crippen molar-refractivity contribution in [3.63, 3.8) is 0 Å². The molecule has 0 aromatic rings. The van der Waals surface area contributed by atoms with Crippen molar-refractivity contribution in [3.8, 4) is 0 Å². The number of carbonyl (C=O) groups is 8. The van der Waals surface area contributed by atoms with E-state index in [0.29, 0.717) is 0 Å². The number of aliphatic carboxylic acids is 4. The number of carbonyl (C=O) groups excluding carboxylic acids is 4. The molecule has 4 unspecified atom stereocenters. The molecule has 4 atom stereocenters. The fraction of sp³-hybridized carbons (Fsp3) is 0.714. The molecule has 232 valence electrons. The van der Waals surface area contributed by atoms with Crippen molar-refractivity contribution in [2.45, 2.75) is 119 Å². The van der Waals surface area contributed by atoms with Gasteiger partial charge >= 0.3 is 245 Å². The van der Waals surface area contributed by atoms with Crippen LogP contribution in [0.15, 0.2) is 0 Å². The van der Waals surface area contributed by atoms with Gasteiger partial charge in [0.25, 0.3) is 0 Å². The van der Waals surface area contributed by atoms with Gasteiger partial charge in [-0.2, -0.15) is 0 Å². The Labute approximate surface area is 244 Å². The molecule has 4 N–H and O–H groups in total. The first-order valence-corrected chi connectivity index (χ1v) is 18.7. The summed E-state index contributed by atoms with van der Waals surface area (Å²) in [4.78, 5) is 111. The van der Waals surface area contributed by atoms with Crippen LogP contribution in [-0.2, 0) is 58.6 Å². The molecule has 0 saturated carbocycles. The van der Waals surface area contributed by atoms with Crippen LogP contribution >= 0.6 is 0 Å². The van der Waals surface area contributed by atoms with Crippen molar-refractivity contribution in [1.82, 2.24) is 0 Å². The molecule has 0 fully saturated rings. The monoisotopic (exact) mass is 662 g/mol. The van der Waals surface area contributed by atoms with Gasteiger partial charge in [0.15, 0.2) is 0 Å². The Hall–Kier alpha value is -2.56. The molecule has 0 radical (unpaired) electrons. The third-order valence-electron chi connectivity index (χ3n) is 8.93. The van der Waals surface area contributed by atoms with Gasteiger partial charge in [-0.05, 0) is 0 Å². The van der Waals surface area contributed by atoms with E-state index in [2.05, 4.69) is 0 Å². The molecule has 0 heterocycles. The molecule has 41 heavy (non-hydrogen) atoms. The van der Waals surface area contributed by atoms with E-state index in [0.717, 1.165) is 27.7 Å². The number of Topliss-reactive ketones (excluding diaryl/α,β-unsaturated/α-hetero) is 4. The number of hydrogen-bond acceptors (Lipinski definition) is 8. The Morgan fingerprint density at radius 1 is 0.415 bits per heavy atom. The first-order chi connectivity index (χ1) is 18.8. The van der Waals surface area contributed by atoms with E-state index in [-0.39, 0.29) is 25.7 Å². The van der Waals surface area contributed by atoms with Crippen LogP contribution < -0.4 is 0 Å². The Balaban J connectivity index is 10.4. The van der Waals surface area contributed by atoms with E-state index in [4.69, 9.17) is 0 Å². The number of hydrogen-bond donors (Lipinski definition) is 4. The van der Waals surface area contributed by atoms with E-state index in [9.17, 15) is 58.8 Å². The van der Waals surface area contributed by atoms with Crippen LogP contribution in [0, 0.1) is 0 Å². The van der Waals surface area contributed by atoms with Gasteiger partial charge in [0.05, 0.1) is 0 Å². The van der Waals surface area contributed by atoms with Crippen molar-refractivity contribution in [2.75, 3.05) is 0 Å². The minimum atomic E-state index is -7.65.